The molecule has 3 nitrogen and oxygen atoms in total. The minimum absolute atomic E-state index is 0.0269. The summed E-state index contributed by atoms with van der Waals surface area (Å²) in [6.07, 6.45) is 0. The lowest BCUT2D eigenvalue weighted by Crippen LogP contribution is -2.08. The van der Waals surface area contributed by atoms with Crippen molar-refractivity contribution in [3.8, 4) is 11.3 Å². The Balaban J connectivity index is 2.19. The van der Waals surface area contributed by atoms with Crippen molar-refractivity contribution in [3.05, 3.63) is 68.4 Å². The molecule has 0 saturated carbocycles. The lowest BCUT2D eigenvalue weighted by molar-refractivity contribution is 0.599. The lowest BCUT2D eigenvalue weighted by atomic mass is 10.1. The highest BCUT2D eigenvalue weighted by atomic mass is 127. The fourth-order valence-corrected chi connectivity index (χ4v) is 3.71. The molecule has 4 rings (SSSR count). The van der Waals surface area contributed by atoms with Gasteiger partial charge in [0.05, 0.1) is 9.09 Å². The number of para-hydroxylation sites is 1. The quantitative estimate of drug-likeness (QED) is 0.439. The first-order valence-electron chi connectivity index (χ1n) is 6.93. The van der Waals surface area contributed by atoms with Gasteiger partial charge in [0.1, 0.15) is 5.39 Å². The Morgan fingerprint density at radius 3 is 2.45 bits per heavy atom. The predicted octanol–water partition coefficient (Wildman–Crippen LogP) is 4.56. The molecule has 0 unspecified atom stereocenters. The van der Waals surface area contributed by atoms with Crippen LogP contribution < -0.4 is 5.43 Å². The van der Waals surface area contributed by atoms with Crippen LogP contribution in [0.15, 0.2) is 63.8 Å². The maximum Gasteiger partial charge on any atom is 0.212 e. The number of hydrogen-bond donors (Lipinski definition) is 0. The van der Waals surface area contributed by atoms with Gasteiger partial charge in [0, 0.05) is 18.0 Å². The molecule has 22 heavy (non-hydrogen) atoms. The first kappa shape index (κ1) is 13.6. The number of nitrogens with zero attached hydrogens (tertiary/aromatic N) is 1. The Morgan fingerprint density at radius 2 is 1.68 bits per heavy atom. The summed E-state index contributed by atoms with van der Waals surface area (Å²) in [5, 5.41) is 1.37. The third-order valence-corrected chi connectivity index (χ3v) is 4.94. The minimum Gasteiger partial charge on any atom is -0.438 e. The van der Waals surface area contributed by atoms with Crippen LogP contribution in [-0.2, 0) is 7.05 Å². The van der Waals surface area contributed by atoms with Crippen molar-refractivity contribution in [2.45, 2.75) is 0 Å². The van der Waals surface area contributed by atoms with Gasteiger partial charge < -0.3 is 8.98 Å². The van der Waals surface area contributed by atoms with Crippen LogP contribution in [0.1, 0.15) is 0 Å². The fraction of sp³-hybridized carbons (Fsp3) is 0.0556. The van der Waals surface area contributed by atoms with Crippen LogP contribution in [0.2, 0.25) is 0 Å². The van der Waals surface area contributed by atoms with Crippen LogP contribution in [0, 0.1) is 3.57 Å². The third kappa shape index (κ3) is 1.83. The van der Waals surface area contributed by atoms with E-state index in [1.807, 2.05) is 66.2 Å². The van der Waals surface area contributed by atoms with Gasteiger partial charge in [0.25, 0.3) is 0 Å². The van der Waals surface area contributed by atoms with Crippen molar-refractivity contribution in [2.75, 3.05) is 0 Å². The third-order valence-electron chi connectivity index (χ3n) is 3.91. The molecule has 2 aromatic heterocycles. The van der Waals surface area contributed by atoms with E-state index >= 15 is 0 Å². The van der Waals surface area contributed by atoms with E-state index < -0.39 is 0 Å². The Labute approximate surface area is 140 Å². The van der Waals surface area contributed by atoms with Gasteiger partial charge in [-0.2, -0.15) is 0 Å². The zero-order valence-corrected chi connectivity index (χ0v) is 14.0. The summed E-state index contributed by atoms with van der Waals surface area (Å²) >= 11 is 2.21. The van der Waals surface area contributed by atoms with Crippen molar-refractivity contribution in [1.29, 1.82) is 0 Å². The SMILES string of the molecule is Cn1c2ccccc2c(=O)c2c(I)c(-c3ccccc3)oc21. The minimum atomic E-state index is 0.0269. The second kappa shape index (κ2) is 4.98. The maximum absolute atomic E-state index is 12.8. The van der Waals surface area contributed by atoms with E-state index in [-0.39, 0.29) is 5.43 Å². The lowest BCUT2D eigenvalue weighted by Gasteiger charge is -2.05. The number of aromatic nitrogens is 1. The van der Waals surface area contributed by atoms with E-state index in [4.69, 9.17) is 4.42 Å². The van der Waals surface area contributed by atoms with Gasteiger partial charge in [-0.15, -0.1) is 0 Å². The van der Waals surface area contributed by atoms with Crippen molar-refractivity contribution in [2.24, 2.45) is 7.05 Å². The molecule has 4 aromatic rings. The molecule has 0 spiro atoms. The van der Waals surface area contributed by atoms with Gasteiger partial charge in [-0.25, -0.2) is 0 Å². The van der Waals surface area contributed by atoms with Gasteiger partial charge in [0.15, 0.2) is 5.76 Å². The predicted molar refractivity (Wildman–Crippen MR) is 97.1 cm³/mol. The highest BCUT2D eigenvalue weighted by molar-refractivity contribution is 14.1. The summed E-state index contributed by atoms with van der Waals surface area (Å²) in [5.41, 5.74) is 2.50. The fourth-order valence-electron chi connectivity index (χ4n) is 2.81. The number of pyridine rings is 1. The van der Waals surface area contributed by atoms with Crippen LogP contribution in [0.4, 0.5) is 0 Å². The number of hydrogen-bond acceptors (Lipinski definition) is 2. The zero-order valence-electron chi connectivity index (χ0n) is 11.8. The van der Waals surface area contributed by atoms with Gasteiger partial charge in [-0.1, -0.05) is 42.5 Å². The monoisotopic (exact) mass is 401 g/mol. The van der Waals surface area contributed by atoms with Gasteiger partial charge >= 0.3 is 0 Å². The Kier molecular flexibility index (Phi) is 3.07. The molecule has 0 atom stereocenters. The number of halogens is 1. The molecule has 0 aliphatic carbocycles. The number of fused-ring (bicyclic) bond motifs is 2. The second-order valence-corrected chi connectivity index (χ2v) is 6.28. The molecule has 0 N–H and O–H groups in total. The average Bonchev–Trinajstić information content (AvgIpc) is 2.91. The van der Waals surface area contributed by atoms with Crippen LogP contribution in [0.25, 0.3) is 33.3 Å². The van der Waals surface area contributed by atoms with Gasteiger partial charge in [-0.05, 0) is 34.7 Å². The largest absolute Gasteiger partial charge is 0.438 e. The molecule has 0 amide bonds. The van der Waals surface area contributed by atoms with Crippen LogP contribution in [0.3, 0.4) is 0 Å². The highest BCUT2D eigenvalue weighted by Gasteiger charge is 2.20. The molecule has 0 radical (unpaired) electrons. The summed E-state index contributed by atoms with van der Waals surface area (Å²) in [6.45, 7) is 0. The van der Waals surface area contributed by atoms with E-state index in [2.05, 4.69) is 22.6 Å². The van der Waals surface area contributed by atoms with Crippen LogP contribution in [0.5, 0.6) is 0 Å². The summed E-state index contributed by atoms with van der Waals surface area (Å²) in [4.78, 5) is 12.8. The van der Waals surface area contributed by atoms with Crippen LogP contribution in [-0.4, -0.2) is 4.57 Å². The molecule has 4 heteroatoms. The first-order chi connectivity index (χ1) is 10.7. The molecular formula is C18H12INO2. The van der Waals surface area contributed by atoms with Crippen LogP contribution >= 0.6 is 22.6 Å². The maximum atomic E-state index is 12.8. The smallest absolute Gasteiger partial charge is 0.212 e. The topological polar surface area (TPSA) is 35.1 Å². The molecule has 0 saturated heterocycles. The average molecular weight is 401 g/mol. The van der Waals surface area contributed by atoms with Crippen molar-refractivity contribution in [1.82, 2.24) is 4.57 Å². The first-order valence-corrected chi connectivity index (χ1v) is 8.01. The normalized spacial score (nSPS) is 11.4. The second-order valence-electron chi connectivity index (χ2n) is 5.20. The molecule has 0 aliphatic heterocycles. The summed E-state index contributed by atoms with van der Waals surface area (Å²) in [7, 11) is 1.93. The number of furan rings is 1. The van der Waals surface area contributed by atoms with Gasteiger partial charge in [-0.3, -0.25) is 4.79 Å². The molecular weight excluding hydrogens is 389 g/mol. The summed E-state index contributed by atoms with van der Waals surface area (Å²) < 4.78 is 8.87. The van der Waals surface area contributed by atoms with E-state index in [0.29, 0.717) is 11.1 Å². The Hall–Kier alpha value is -2.08. The zero-order chi connectivity index (χ0) is 15.3. The summed E-state index contributed by atoms with van der Waals surface area (Å²) in [5.74, 6) is 0.749. The van der Waals surface area contributed by atoms with Crippen molar-refractivity contribution in [3.63, 3.8) is 0 Å². The van der Waals surface area contributed by atoms with E-state index in [9.17, 15) is 4.79 Å². The van der Waals surface area contributed by atoms with E-state index in [0.717, 1.165) is 25.8 Å². The standard InChI is InChI=1S/C18H12INO2/c1-20-13-10-6-5-9-12(13)16(21)14-15(19)17(22-18(14)20)11-7-3-2-4-8-11/h2-10H,1H3. The van der Waals surface area contributed by atoms with E-state index in [1.54, 1.807) is 0 Å². The van der Waals surface area contributed by atoms with Gasteiger partial charge in [0.2, 0.25) is 11.1 Å². The number of rotatable bonds is 1. The molecule has 0 bridgehead atoms. The highest BCUT2D eigenvalue weighted by Crippen LogP contribution is 2.34. The van der Waals surface area contributed by atoms with Crippen molar-refractivity contribution >= 4 is 44.6 Å². The molecule has 108 valence electrons. The van der Waals surface area contributed by atoms with E-state index in [1.165, 1.54) is 0 Å². The molecule has 0 fully saturated rings. The molecule has 2 heterocycles. The Morgan fingerprint density at radius 1 is 1.00 bits per heavy atom. The van der Waals surface area contributed by atoms with Crippen molar-refractivity contribution < 1.29 is 4.42 Å². The Bertz CT molecular complexity index is 1060. The summed E-state index contributed by atoms with van der Waals surface area (Å²) in [6, 6.07) is 17.5. The number of aryl methyl sites for hydroxylation is 1. The molecule has 2 aromatic carbocycles. The number of benzene rings is 2. The molecule has 0 aliphatic rings.